The predicted molar refractivity (Wildman–Crippen MR) is 67.7 cm³/mol. The lowest BCUT2D eigenvalue weighted by Crippen LogP contribution is -2.52. The third-order valence-electron chi connectivity index (χ3n) is 3.23. The molecule has 1 atom stereocenters. The number of hydrogen-bond acceptors (Lipinski definition) is 3. The molecule has 1 aliphatic heterocycles. The van der Waals surface area contributed by atoms with Crippen LogP contribution in [-0.2, 0) is 16.2 Å². The summed E-state index contributed by atoms with van der Waals surface area (Å²) in [7, 11) is -3.75. The summed E-state index contributed by atoms with van der Waals surface area (Å²) in [4.78, 5) is -0.112. The zero-order valence-electron chi connectivity index (χ0n) is 10.8. The van der Waals surface area contributed by atoms with E-state index in [4.69, 9.17) is 0 Å². The molecule has 0 radical (unpaired) electrons. The molecule has 0 saturated carbocycles. The van der Waals surface area contributed by atoms with Gasteiger partial charge in [-0.1, -0.05) is 0 Å². The second kappa shape index (κ2) is 5.34. The Kier molecular flexibility index (Phi) is 4.08. The van der Waals surface area contributed by atoms with Crippen LogP contribution in [0.1, 0.15) is 12.5 Å². The van der Waals surface area contributed by atoms with Crippen LogP contribution in [0.4, 0.5) is 13.2 Å². The number of nitrogens with zero attached hydrogens (tertiary/aromatic N) is 1. The monoisotopic (exact) mass is 308 g/mol. The molecule has 4 nitrogen and oxygen atoms in total. The van der Waals surface area contributed by atoms with E-state index in [1.54, 1.807) is 6.92 Å². The van der Waals surface area contributed by atoms with E-state index in [0.29, 0.717) is 19.6 Å². The van der Waals surface area contributed by atoms with Gasteiger partial charge in [-0.3, -0.25) is 0 Å². The maximum Gasteiger partial charge on any atom is 0.416 e. The van der Waals surface area contributed by atoms with E-state index in [0.717, 1.165) is 24.3 Å². The van der Waals surface area contributed by atoms with Gasteiger partial charge in [-0.15, -0.1) is 0 Å². The van der Waals surface area contributed by atoms with Gasteiger partial charge in [-0.2, -0.15) is 17.5 Å². The van der Waals surface area contributed by atoms with Crippen LogP contribution in [0.25, 0.3) is 0 Å². The first-order chi connectivity index (χ1) is 9.23. The number of rotatable bonds is 2. The molecule has 1 saturated heterocycles. The molecule has 8 heteroatoms. The second-order valence-corrected chi connectivity index (χ2v) is 6.58. The van der Waals surface area contributed by atoms with Crippen molar-refractivity contribution in [1.29, 1.82) is 0 Å². The maximum absolute atomic E-state index is 12.5. The van der Waals surface area contributed by atoms with Crippen molar-refractivity contribution in [2.75, 3.05) is 19.6 Å². The van der Waals surface area contributed by atoms with E-state index in [9.17, 15) is 21.6 Å². The van der Waals surface area contributed by atoms with E-state index >= 15 is 0 Å². The molecular weight excluding hydrogens is 293 g/mol. The maximum atomic E-state index is 12.5. The molecule has 0 spiro atoms. The molecule has 0 amide bonds. The van der Waals surface area contributed by atoms with Crippen molar-refractivity contribution in [2.24, 2.45) is 0 Å². The fourth-order valence-corrected chi connectivity index (χ4v) is 3.76. The second-order valence-electron chi connectivity index (χ2n) is 4.69. The highest BCUT2D eigenvalue weighted by Crippen LogP contribution is 2.30. The van der Waals surface area contributed by atoms with Gasteiger partial charge >= 0.3 is 6.18 Å². The Balaban J connectivity index is 2.30. The summed E-state index contributed by atoms with van der Waals surface area (Å²) in [5.74, 6) is 0. The number of piperazine rings is 1. The largest absolute Gasteiger partial charge is 0.416 e. The highest BCUT2D eigenvalue weighted by Gasteiger charge is 2.33. The van der Waals surface area contributed by atoms with Gasteiger partial charge in [0.2, 0.25) is 10.0 Å². The fraction of sp³-hybridized carbons (Fsp3) is 0.500. The average Bonchev–Trinajstić information content (AvgIpc) is 2.38. The molecule has 0 aliphatic carbocycles. The topological polar surface area (TPSA) is 49.4 Å². The summed E-state index contributed by atoms with van der Waals surface area (Å²) in [6.07, 6.45) is -4.47. The van der Waals surface area contributed by atoms with E-state index in [-0.39, 0.29) is 10.9 Å². The minimum atomic E-state index is -4.47. The summed E-state index contributed by atoms with van der Waals surface area (Å²) >= 11 is 0. The van der Waals surface area contributed by atoms with Gasteiger partial charge in [0.1, 0.15) is 0 Å². The van der Waals surface area contributed by atoms with Crippen LogP contribution in [0, 0.1) is 0 Å². The van der Waals surface area contributed by atoms with E-state index in [1.165, 1.54) is 4.31 Å². The zero-order chi connectivity index (χ0) is 15.0. The molecule has 0 bridgehead atoms. The van der Waals surface area contributed by atoms with Crippen LogP contribution < -0.4 is 5.32 Å². The standard InChI is InChI=1S/C12H15F3N2O2S/c1-9-8-16-6-7-17(9)20(18,19)11-4-2-10(3-5-11)12(13,14)15/h2-5,9,16H,6-8H2,1H3/t9-/m1/s1. The smallest absolute Gasteiger partial charge is 0.314 e. The van der Waals surface area contributed by atoms with Gasteiger partial charge < -0.3 is 5.32 Å². The summed E-state index contributed by atoms with van der Waals surface area (Å²) in [5.41, 5.74) is -0.857. The van der Waals surface area contributed by atoms with E-state index in [2.05, 4.69) is 5.32 Å². The molecule has 1 fully saturated rings. The van der Waals surface area contributed by atoms with Crippen LogP contribution in [0.5, 0.6) is 0 Å². The van der Waals surface area contributed by atoms with Crippen LogP contribution >= 0.6 is 0 Å². The highest BCUT2D eigenvalue weighted by molar-refractivity contribution is 7.89. The van der Waals surface area contributed by atoms with Crippen LogP contribution in [0.3, 0.4) is 0 Å². The number of benzene rings is 1. The first kappa shape index (κ1) is 15.3. The predicted octanol–water partition coefficient (Wildman–Crippen LogP) is 1.69. The molecule has 0 unspecified atom stereocenters. The Hall–Kier alpha value is -1.12. The van der Waals surface area contributed by atoms with Crippen LogP contribution in [0.2, 0.25) is 0 Å². The number of sulfonamides is 1. The minimum Gasteiger partial charge on any atom is -0.314 e. The summed E-state index contributed by atoms with van der Waals surface area (Å²) in [6.45, 7) is 3.13. The van der Waals surface area contributed by atoms with Crippen molar-refractivity contribution in [3.05, 3.63) is 29.8 Å². The summed E-state index contributed by atoms with van der Waals surface area (Å²) < 4.78 is 63.5. The quantitative estimate of drug-likeness (QED) is 0.904. The lowest BCUT2D eigenvalue weighted by Gasteiger charge is -2.32. The van der Waals surface area contributed by atoms with Gasteiger partial charge in [0.25, 0.3) is 0 Å². The van der Waals surface area contributed by atoms with Gasteiger partial charge in [0, 0.05) is 25.7 Å². The van der Waals surface area contributed by atoms with Crippen molar-refractivity contribution >= 4 is 10.0 Å². The third-order valence-corrected chi connectivity index (χ3v) is 5.26. The summed E-state index contributed by atoms with van der Waals surface area (Å²) in [6, 6.07) is 3.37. The Bertz CT molecular complexity index is 569. The van der Waals surface area contributed by atoms with Crippen LogP contribution in [-0.4, -0.2) is 38.4 Å². The van der Waals surface area contributed by atoms with Crippen molar-refractivity contribution in [3.63, 3.8) is 0 Å². The molecule has 0 aromatic heterocycles. The Morgan fingerprint density at radius 3 is 2.35 bits per heavy atom. The average molecular weight is 308 g/mol. The molecule has 1 aromatic rings. The number of hydrogen-bond donors (Lipinski definition) is 1. The van der Waals surface area contributed by atoms with Crippen molar-refractivity contribution < 1.29 is 21.6 Å². The van der Waals surface area contributed by atoms with Crippen LogP contribution in [0.15, 0.2) is 29.2 Å². The molecule has 20 heavy (non-hydrogen) atoms. The normalized spacial score (nSPS) is 21.9. The molecular formula is C12H15F3N2O2S. The summed E-state index contributed by atoms with van der Waals surface area (Å²) in [5, 5.41) is 3.06. The molecule has 1 heterocycles. The number of alkyl halides is 3. The van der Waals surface area contributed by atoms with E-state index < -0.39 is 21.8 Å². The van der Waals surface area contributed by atoms with Crippen molar-refractivity contribution in [2.45, 2.75) is 24.0 Å². The van der Waals surface area contributed by atoms with Gasteiger partial charge in [-0.25, -0.2) is 8.42 Å². The molecule has 1 aliphatic rings. The first-order valence-electron chi connectivity index (χ1n) is 6.13. The molecule has 112 valence electrons. The number of halogens is 3. The van der Waals surface area contributed by atoms with Gasteiger partial charge in [0.05, 0.1) is 10.5 Å². The lowest BCUT2D eigenvalue weighted by atomic mass is 10.2. The SMILES string of the molecule is C[C@@H]1CNCCN1S(=O)(=O)c1ccc(C(F)(F)F)cc1. The van der Waals surface area contributed by atoms with E-state index in [1.807, 2.05) is 0 Å². The fourth-order valence-electron chi connectivity index (χ4n) is 2.13. The first-order valence-corrected chi connectivity index (χ1v) is 7.57. The van der Waals surface area contributed by atoms with Crippen molar-refractivity contribution in [1.82, 2.24) is 9.62 Å². The lowest BCUT2D eigenvalue weighted by molar-refractivity contribution is -0.137. The Labute approximate surface area is 115 Å². The molecule has 2 rings (SSSR count). The van der Waals surface area contributed by atoms with Gasteiger partial charge in [-0.05, 0) is 31.2 Å². The Morgan fingerprint density at radius 1 is 1.25 bits per heavy atom. The van der Waals surface area contributed by atoms with Gasteiger partial charge in [0.15, 0.2) is 0 Å². The van der Waals surface area contributed by atoms with Crippen molar-refractivity contribution in [3.8, 4) is 0 Å². The minimum absolute atomic E-state index is 0.112. The molecule has 1 N–H and O–H groups in total. The Morgan fingerprint density at radius 2 is 1.85 bits per heavy atom. The third kappa shape index (κ3) is 2.97. The highest BCUT2D eigenvalue weighted by atomic mass is 32.2. The molecule has 1 aromatic carbocycles. The number of nitrogens with one attached hydrogen (secondary N) is 1. The zero-order valence-corrected chi connectivity index (χ0v) is 11.6.